The SMILES string of the molecule is CN(C)C=O.[I-].[Na+]. The topological polar surface area (TPSA) is 20.3 Å². The van der Waals surface area contributed by atoms with Crippen LogP contribution in [-0.4, -0.2) is 25.4 Å². The summed E-state index contributed by atoms with van der Waals surface area (Å²) in [5.41, 5.74) is 0. The maximum atomic E-state index is 9.43. The van der Waals surface area contributed by atoms with E-state index in [-0.39, 0.29) is 53.5 Å². The number of carbonyl (C=O) groups is 1. The van der Waals surface area contributed by atoms with Crippen molar-refractivity contribution < 1.29 is 58.3 Å². The molecule has 1 amide bonds. The maximum Gasteiger partial charge on any atom is 1.00 e. The largest absolute Gasteiger partial charge is 1.00 e. The van der Waals surface area contributed by atoms with Gasteiger partial charge in [0, 0.05) is 14.1 Å². The second-order valence-electron chi connectivity index (χ2n) is 1.07. The van der Waals surface area contributed by atoms with Gasteiger partial charge in [0.1, 0.15) is 0 Å². The minimum atomic E-state index is 0. The summed E-state index contributed by atoms with van der Waals surface area (Å²) in [5, 5.41) is 0. The molecule has 0 saturated carbocycles. The Kier molecular flexibility index (Phi) is 23.0. The third kappa shape index (κ3) is 19.0. The number of halogens is 1. The van der Waals surface area contributed by atoms with E-state index in [9.17, 15) is 4.79 Å². The molecule has 0 spiro atoms. The van der Waals surface area contributed by atoms with Crippen LogP contribution in [0.3, 0.4) is 0 Å². The van der Waals surface area contributed by atoms with Crippen molar-refractivity contribution in [3.8, 4) is 0 Å². The van der Waals surface area contributed by atoms with Crippen LogP contribution in [0, 0.1) is 0 Å². The molecule has 0 aromatic rings. The van der Waals surface area contributed by atoms with E-state index in [1.54, 1.807) is 14.1 Å². The Hall–Kier alpha value is 1.20. The van der Waals surface area contributed by atoms with E-state index < -0.39 is 0 Å². The van der Waals surface area contributed by atoms with Crippen LogP contribution < -0.4 is 53.5 Å². The Bertz CT molecular complexity index is 41.9. The van der Waals surface area contributed by atoms with Gasteiger partial charge < -0.3 is 28.9 Å². The van der Waals surface area contributed by atoms with E-state index in [4.69, 9.17) is 0 Å². The number of hydrogen-bond acceptors (Lipinski definition) is 1. The number of nitrogens with zero attached hydrogens (tertiary/aromatic N) is 1. The van der Waals surface area contributed by atoms with Gasteiger partial charge in [0.25, 0.3) is 0 Å². The zero-order valence-electron chi connectivity index (χ0n) is 4.81. The van der Waals surface area contributed by atoms with Crippen LogP contribution in [0.15, 0.2) is 0 Å². The van der Waals surface area contributed by atoms with Gasteiger partial charge in [-0.3, -0.25) is 4.79 Å². The van der Waals surface area contributed by atoms with Crippen LogP contribution in [0.25, 0.3) is 0 Å². The van der Waals surface area contributed by atoms with Crippen LogP contribution in [0.2, 0.25) is 0 Å². The van der Waals surface area contributed by atoms with Crippen molar-refractivity contribution in [2.75, 3.05) is 14.1 Å². The van der Waals surface area contributed by atoms with Crippen molar-refractivity contribution in [1.82, 2.24) is 4.90 Å². The average molecular weight is 223 g/mol. The predicted molar refractivity (Wildman–Crippen MR) is 19.8 cm³/mol. The molecule has 0 aliphatic carbocycles. The molecule has 4 heteroatoms. The van der Waals surface area contributed by atoms with E-state index in [1.165, 1.54) is 4.90 Å². The first kappa shape index (κ1) is 15.7. The third-order valence-corrected chi connectivity index (χ3v) is 0.211. The first-order chi connectivity index (χ1) is 2.27. The minimum Gasteiger partial charge on any atom is -1.00 e. The van der Waals surface area contributed by atoms with Crippen molar-refractivity contribution in [2.45, 2.75) is 0 Å². The number of hydrogen-bond donors (Lipinski definition) is 0. The van der Waals surface area contributed by atoms with E-state index >= 15 is 0 Å². The molecule has 0 unspecified atom stereocenters. The van der Waals surface area contributed by atoms with Crippen LogP contribution in [0.4, 0.5) is 0 Å². The maximum absolute atomic E-state index is 9.43. The predicted octanol–water partition coefficient (Wildman–Crippen LogP) is -6.29. The van der Waals surface area contributed by atoms with Gasteiger partial charge in [-0.05, 0) is 0 Å². The Morgan fingerprint density at radius 2 is 1.57 bits per heavy atom. The molecule has 7 heavy (non-hydrogen) atoms. The summed E-state index contributed by atoms with van der Waals surface area (Å²) in [5.74, 6) is 0. The monoisotopic (exact) mass is 223 g/mol. The molecule has 0 radical (unpaired) electrons. The average Bonchev–Trinajstić information content (AvgIpc) is 1.38. The van der Waals surface area contributed by atoms with Gasteiger partial charge in [-0.15, -0.1) is 0 Å². The molecule has 0 atom stereocenters. The van der Waals surface area contributed by atoms with Gasteiger partial charge >= 0.3 is 29.6 Å². The summed E-state index contributed by atoms with van der Waals surface area (Å²) in [7, 11) is 3.38. The van der Waals surface area contributed by atoms with Gasteiger partial charge in [-0.25, -0.2) is 0 Å². The summed E-state index contributed by atoms with van der Waals surface area (Å²) in [6.07, 6.45) is 0.750. The summed E-state index contributed by atoms with van der Waals surface area (Å²) >= 11 is 0. The number of amides is 1. The zero-order chi connectivity index (χ0) is 4.28. The Labute approximate surface area is 82.9 Å². The Morgan fingerprint density at radius 3 is 1.57 bits per heavy atom. The van der Waals surface area contributed by atoms with Crippen molar-refractivity contribution >= 4 is 6.41 Å². The Balaban J connectivity index is -0.0000000800. The molecule has 0 aliphatic rings. The van der Waals surface area contributed by atoms with Crippen LogP contribution >= 0.6 is 0 Å². The molecule has 38 valence electrons. The van der Waals surface area contributed by atoms with E-state index in [1.807, 2.05) is 0 Å². The molecule has 0 saturated heterocycles. The van der Waals surface area contributed by atoms with Gasteiger partial charge in [-0.2, -0.15) is 0 Å². The molecule has 0 N–H and O–H groups in total. The fourth-order valence-electron chi connectivity index (χ4n) is 0. The third-order valence-electron chi connectivity index (χ3n) is 0.211. The minimum absolute atomic E-state index is 0. The molecule has 0 aromatic heterocycles. The number of rotatable bonds is 1. The molecule has 0 heterocycles. The summed E-state index contributed by atoms with van der Waals surface area (Å²) < 4.78 is 0. The van der Waals surface area contributed by atoms with Gasteiger partial charge in [0.2, 0.25) is 6.41 Å². The number of carbonyl (C=O) groups excluding carboxylic acids is 1. The summed E-state index contributed by atoms with van der Waals surface area (Å²) in [4.78, 5) is 10.9. The Morgan fingerprint density at radius 1 is 1.43 bits per heavy atom. The zero-order valence-corrected chi connectivity index (χ0v) is 8.97. The van der Waals surface area contributed by atoms with E-state index in [0.29, 0.717) is 0 Å². The quantitative estimate of drug-likeness (QED) is 0.246. The molecule has 0 bridgehead atoms. The van der Waals surface area contributed by atoms with Crippen LogP contribution in [0.5, 0.6) is 0 Å². The van der Waals surface area contributed by atoms with Crippen LogP contribution in [-0.2, 0) is 4.79 Å². The first-order valence-electron chi connectivity index (χ1n) is 1.39. The molecule has 0 fully saturated rings. The standard InChI is InChI=1S/C3H7NO.HI.Na/c1-4(2)3-5;;/h3H,1-2H3;1H;/q;;+1/p-1. The summed E-state index contributed by atoms with van der Waals surface area (Å²) in [6.45, 7) is 0. The second-order valence-corrected chi connectivity index (χ2v) is 1.07. The van der Waals surface area contributed by atoms with Crippen molar-refractivity contribution in [3.63, 3.8) is 0 Å². The molecule has 0 aliphatic heterocycles. The first-order valence-corrected chi connectivity index (χ1v) is 1.39. The van der Waals surface area contributed by atoms with Gasteiger partial charge in [0.05, 0.1) is 0 Å². The molecule has 0 rings (SSSR count). The van der Waals surface area contributed by atoms with Crippen molar-refractivity contribution in [3.05, 3.63) is 0 Å². The molecular weight excluding hydrogens is 216 g/mol. The normalized spacial score (nSPS) is 4.86. The van der Waals surface area contributed by atoms with E-state index in [0.717, 1.165) is 6.41 Å². The van der Waals surface area contributed by atoms with Gasteiger partial charge in [-0.1, -0.05) is 0 Å². The van der Waals surface area contributed by atoms with Crippen LogP contribution in [0.1, 0.15) is 0 Å². The fourth-order valence-corrected chi connectivity index (χ4v) is 0. The molecular formula is C3H7INNaO. The van der Waals surface area contributed by atoms with Gasteiger partial charge in [0.15, 0.2) is 0 Å². The fraction of sp³-hybridized carbons (Fsp3) is 0.667. The molecule has 0 aromatic carbocycles. The molecule has 2 nitrogen and oxygen atoms in total. The van der Waals surface area contributed by atoms with Crippen molar-refractivity contribution in [2.24, 2.45) is 0 Å². The van der Waals surface area contributed by atoms with Crippen molar-refractivity contribution in [1.29, 1.82) is 0 Å². The smallest absolute Gasteiger partial charge is 1.00 e. The van der Waals surface area contributed by atoms with E-state index in [2.05, 4.69) is 0 Å². The summed E-state index contributed by atoms with van der Waals surface area (Å²) in [6, 6.07) is 0. The second kappa shape index (κ2) is 10.2.